The quantitative estimate of drug-likeness (QED) is 0.162. The van der Waals surface area contributed by atoms with E-state index in [2.05, 4.69) is 35.6 Å². The number of aliphatic hydroxyl groups excluding tert-OH is 1. The molecule has 1 aliphatic heterocycles. The number of hydrogen-bond donors (Lipinski definition) is 4. The van der Waals surface area contributed by atoms with Gasteiger partial charge >= 0.3 is 0 Å². The van der Waals surface area contributed by atoms with E-state index in [1.54, 1.807) is 36.9 Å². The van der Waals surface area contributed by atoms with Crippen molar-refractivity contribution in [3.8, 4) is 11.6 Å². The van der Waals surface area contributed by atoms with Crippen LogP contribution in [0.15, 0.2) is 47.3 Å². The first-order valence-electron chi connectivity index (χ1n) is 13.8. The van der Waals surface area contributed by atoms with Gasteiger partial charge in [0.15, 0.2) is 22.6 Å². The Kier molecular flexibility index (Phi) is 7.94. The molecule has 15 heteroatoms. The normalized spacial score (nSPS) is 14.3. The molecule has 0 saturated carbocycles. The van der Waals surface area contributed by atoms with Gasteiger partial charge in [-0.3, -0.25) is 9.69 Å². The lowest BCUT2D eigenvalue weighted by atomic mass is 10.1. The zero-order valence-electron chi connectivity index (χ0n) is 22.9. The summed E-state index contributed by atoms with van der Waals surface area (Å²) in [5, 5.41) is 18.9. The largest absolute Gasteiger partial charge is 0.461 e. The molecule has 5 aromatic rings. The molecule has 0 aliphatic carbocycles. The number of furan rings is 1. The summed E-state index contributed by atoms with van der Waals surface area (Å²) in [6.45, 7) is 5.63. The third-order valence-electron chi connectivity index (χ3n) is 7.26. The van der Waals surface area contributed by atoms with Crippen molar-refractivity contribution < 1.29 is 18.7 Å². The number of aromatic nitrogens is 6. The maximum atomic E-state index is 15.0. The van der Waals surface area contributed by atoms with E-state index in [0.717, 1.165) is 19.6 Å². The number of amides is 1. The number of fused-ring (bicyclic) bond motifs is 3. The highest BCUT2D eigenvalue weighted by Gasteiger charge is 2.22. The molecule has 0 radical (unpaired) electrons. The fourth-order valence-corrected chi connectivity index (χ4v) is 5.04. The number of nitrogens with zero attached hydrogens (tertiary/aromatic N) is 8. The highest BCUT2D eigenvalue weighted by atomic mass is 19.1. The van der Waals surface area contributed by atoms with Crippen LogP contribution in [0.25, 0.3) is 28.4 Å². The molecule has 0 unspecified atom stereocenters. The van der Waals surface area contributed by atoms with Crippen molar-refractivity contribution in [2.24, 2.45) is 0 Å². The van der Waals surface area contributed by atoms with E-state index in [9.17, 15) is 9.18 Å². The molecule has 5 N–H and O–H groups in total. The molecule has 14 nitrogen and oxygen atoms in total. The highest BCUT2D eigenvalue weighted by Crippen LogP contribution is 2.24. The second-order valence-corrected chi connectivity index (χ2v) is 9.95. The van der Waals surface area contributed by atoms with Gasteiger partial charge in [-0.25, -0.2) is 14.4 Å². The predicted octanol–water partition coefficient (Wildman–Crippen LogP) is 0.589. The average molecular weight is 578 g/mol. The van der Waals surface area contributed by atoms with Gasteiger partial charge in [-0.05, 0) is 30.3 Å². The number of aliphatic hydroxyl groups is 1. The summed E-state index contributed by atoms with van der Waals surface area (Å²) in [6, 6.07) is 8.14. The van der Waals surface area contributed by atoms with Crippen molar-refractivity contribution in [2.75, 3.05) is 69.6 Å². The Morgan fingerprint density at radius 1 is 1.07 bits per heavy atom. The first-order valence-corrected chi connectivity index (χ1v) is 13.8. The summed E-state index contributed by atoms with van der Waals surface area (Å²) in [5.41, 5.74) is 8.71. The van der Waals surface area contributed by atoms with Gasteiger partial charge in [-0.1, -0.05) is 0 Å². The number of nitrogens with two attached hydrogens (primary N) is 1. The molecular weight excluding hydrogens is 545 g/mol. The zero-order valence-corrected chi connectivity index (χ0v) is 22.9. The second-order valence-electron chi connectivity index (χ2n) is 9.95. The Morgan fingerprint density at radius 2 is 1.93 bits per heavy atom. The van der Waals surface area contributed by atoms with Crippen LogP contribution in [0.2, 0.25) is 0 Å². The molecule has 1 saturated heterocycles. The van der Waals surface area contributed by atoms with Crippen LogP contribution >= 0.6 is 0 Å². The zero-order chi connectivity index (χ0) is 29.1. The lowest BCUT2D eigenvalue weighted by Gasteiger charge is -2.36. The Balaban J connectivity index is 1.05. The van der Waals surface area contributed by atoms with E-state index in [0.29, 0.717) is 73.4 Å². The van der Waals surface area contributed by atoms with Gasteiger partial charge in [-0.2, -0.15) is 9.50 Å². The third-order valence-corrected chi connectivity index (χ3v) is 7.26. The molecule has 0 atom stereocenters. The highest BCUT2D eigenvalue weighted by molar-refractivity contribution is 5.94. The molecule has 42 heavy (non-hydrogen) atoms. The molecule has 1 amide bonds. The number of nitrogens with one attached hydrogen (secondary N) is 2. The number of halogens is 1. The predicted molar refractivity (Wildman–Crippen MR) is 154 cm³/mol. The maximum absolute atomic E-state index is 15.0. The van der Waals surface area contributed by atoms with E-state index in [4.69, 9.17) is 15.3 Å². The van der Waals surface area contributed by atoms with Crippen molar-refractivity contribution >= 4 is 34.4 Å². The van der Waals surface area contributed by atoms with Crippen LogP contribution in [-0.4, -0.2) is 104 Å². The van der Waals surface area contributed by atoms with Crippen LogP contribution < -0.4 is 21.3 Å². The maximum Gasteiger partial charge on any atom is 0.251 e. The van der Waals surface area contributed by atoms with Crippen LogP contribution in [0, 0.1) is 5.82 Å². The number of anilines is 2. The van der Waals surface area contributed by atoms with Crippen molar-refractivity contribution in [3.05, 3.63) is 54.3 Å². The van der Waals surface area contributed by atoms with Crippen LogP contribution in [0.5, 0.6) is 0 Å². The minimum absolute atomic E-state index is 0.0341. The molecular formula is C27H32FN11O3. The van der Waals surface area contributed by atoms with Crippen molar-refractivity contribution in [2.45, 2.75) is 6.54 Å². The topological polar surface area (TPSA) is 168 Å². The van der Waals surface area contributed by atoms with Gasteiger partial charge in [0.1, 0.15) is 5.82 Å². The van der Waals surface area contributed by atoms with Gasteiger partial charge in [0.05, 0.1) is 24.9 Å². The average Bonchev–Trinajstić information content (AvgIpc) is 3.76. The van der Waals surface area contributed by atoms with Crippen molar-refractivity contribution in [3.63, 3.8) is 0 Å². The fourth-order valence-electron chi connectivity index (χ4n) is 5.04. The minimum atomic E-state index is -0.418. The molecule has 0 bridgehead atoms. The van der Waals surface area contributed by atoms with E-state index in [1.165, 1.54) is 10.6 Å². The summed E-state index contributed by atoms with van der Waals surface area (Å²) in [6.07, 6.45) is 3.29. The monoisotopic (exact) mass is 577 g/mol. The van der Waals surface area contributed by atoms with Crippen LogP contribution in [-0.2, 0) is 6.54 Å². The van der Waals surface area contributed by atoms with Gasteiger partial charge in [0, 0.05) is 64.5 Å². The van der Waals surface area contributed by atoms with E-state index in [-0.39, 0.29) is 24.0 Å². The molecule has 6 rings (SSSR count). The Hall–Kier alpha value is -4.60. The Morgan fingerprint density at radius 3 is 2.69 bits per heavy atom. The number of benzene rings is 1. The molecule has 5 heterocycles. The number of hydrogen-bond acceptors (Lipinski definition) is 11. The van der Waals surface area contributed by atoms with E-state index >= 15 is 0 Å². The summed E-state index contributed by atoms with van der Waals surface area (Å²) in [4.78, 5) is 30.3. The summed E-state index contributed by atoms with van der Waals surface area (Å²) in [5.74, 6) is 0.398. The third kappa shape index (κ3) is 5.61. The van der Waals surface area contributed by atoms with Gasteiger partial charge in [-0.15, -0.1) is 5.10 Å². The Bertz CT molecular complexity index is 1680. The number of piperazine rings is 1. The smallest absolute Gasteiger partial charge is 0.251 e. The summed E-state index contributed by atoms with van der Waals surface area (Å²) < 4.78 is 23.8. The Labute approximate surface area is 239 Å². The van der Waals surface area contributed by atoms with Crippen LogP contribution in [0.3, 0.4) is 0 Å². The van der Waals surface area contributed by atoms with Crippen molar-refractivity contribution in [1.82, 2.24) is 44.7 Å². The number of rotatable bonds is 11. The van der Waals surface area contributed by atoms with Gasteiger partial charge in [0.2, 0.25) is 11.8 Å². The lowest BCUT2D eigenvalue weighted by molar-refractivity contribution is 0.0953. The minimum Gasteiger partial charge on any atom is -0.461 e. The van der Waals surface area contributed by atoms with Gasteiger partial charge < -0.3 is 35.4 Å². The summed E-state index contributed by atoms with van der Waals surface area (Å²) in [7, 11) is 0. The second kappa shape index (κ2) is 12.1. The molecule has 4 aromatic heterocycles. The number of carbonyl (C=O) groups excluding carboxylic acids is 1. The molecule has 0 spiro atoms. The number of nitrogen functional groups attached to an aromatic ring is 1. The van der Waals surface area contributed by atoms with E-state index in [1.807, 2.05) is 9.47 Å². The van der Waals surface area contributed by atoms with Gasteiger partial charge in [0.25, 0.3) is 5.91 Å². The fraction of sp³-hybridized carbons (Fsp3) is 0.370. The summed E-state index contributed by atoms with van der Waals surface area (Å²) >= 11 is 0. The van der Waals surface area contributed by atoms with Crippen molar-refractivity contribution in [1.29, 1.82) is 0 Å². The number of imidazole rings is 1. The molecule has 1 aromatic carbocycles. The number of carbonyl (C=O) groups is 1. The molecule has 220 valence electrons. The molecule has 1 fully saturated rings. The molecule has 1 aliphatic rings. The first-order chi connectivity index (χ1) is 20.5. The SMILES string of the molecule is Nc1nc2c(ncn2CCN2CCN(c3ccc(C(=O)NCCNCCO)cc3F)CC2)c2nc(-c3ccco3)nn12. The van der Waals surface area contributed by atoms with E-state index < -0.39 is 5.82 Å². The van der Waals surface area contributed by atoms with Crippen LogP contribution in [0.1, 0.15) is 10.4 Å². The standard InChI is InChI=1S/C27H32FN11O3/c28-19-16-18(26(41)31-6-5-30-7-14-40)3-4-20(19)37-11-8-36(9-12-37)10-13-38-17-32-22-24(38)34-27(29)39-25(22)33-23(35-39)21-2-1-15-42-21/h1-4,15-17,30,40H,5-14H2,(H2,29,34)(H,31,41). The first kappa shape index (κ1) is 27.6. The lowest BCUT2D eigenvalue weighted by Crippen LogP contribution is -2.47. The van der Waals surface area contributed by atoms with Crippen LogP contribution in [0.4, 0.5) is 16.0 Å².